The number of rotatable bonds is 4. The van der Waals surface area contributed by atoms with E-state index in [1.54, 1.807) is 13.8 Å². The van der Waals surface area contributed by atoms with E-state index in [1.165, 1.54) is 19.1 Å². The zero-order valence-electron chi connectivity index (χ0n) is 13.4. The average molecular weight is 333 g/mol. The van der Waals surface area contributed by atoms with Crippen molar-refractivity contribution in [3.05, 3.63) is 28.8 Å². The second kappa shape index (κ2) is 6.61. The number of hydrogen-bond acceptors (Lipinski definition) is 7. The van der Waals surface area contributed by atoms with Crippen LogP contribution in [-0.4, -0.2) is 34.6 Å². The zero-order chi connectivity index (χ0) is 18.0. The van der Waals surface area contributed by atoms with Crippen molar-refractivity contribution < 1.29 is 33.5 Å². The molecule has 0 N–H and O–H groups in total. The van der Waals surface area contributed by atoms with Crippen LogP contribution < -0.4 is 4.74 Å². The Bertz CT molecular complexity index is 727. The maximum atomic E-state index is 12.2. The third-order valence-electron chi connectivity index (χ3n) is 3.33. The summed E-state index contributed by atoms with van der Waals surface area (Å²) in [5, 5.41) is 0.313. The van der Waals surface area contributed by atoms with Crippen molar-refractivity contribution in [1.82, 2.24) is 5.06 Å². The summed E-state index contributed by atoms with van der Waals surface area (Å²) in [5.74, 6) is -3.89. The van der Waals surface area contributed by atoms with Gasteiger partial charge in [0.05, 0.1) is 0 Å². The molecule has 0 saturated carbocycles. The molecular formula is C16H15NO7. The number of carbonyl (C=O) groups excluding carboxylic acids is 5. The molecule has 1 fully saturated rings. The van der Waals surface area contributed by atoms with Gasteiger partial charge in [-0.1, -0.05) is 0 Å². The van der Waals surface area contributed by atoms with Gasteiger partial charge in [-0.15, -0.1) is 5.06 Å². The minimum Gasteiger partial charge on any atom is -0.426 e. The monoisotopic (exact) mass is 333 g/mol. The van der Waals surface area contributed by atoms with Crippen molar-refractivity contribution in [2.24, 2.45) is 0 Å². The van der Waals surface area contributed by atoms with E-state index in [1.807, 2.05) is 0 Å². The first kappa shape index (κ1) is 17.3. The van der Waals surface area contributed by atoms with Gasteiger partial charge in [-0.05, 0) is 37.1 Å². The molecule has 2 amide bonds. The van der Waals surface area contributed by atoms with Crippen molar-refractivity contribution in [2.45, 2.75) is 33.6 Å². The molecule has 1 saturated heterocycles. The van der Waals surface area contributed by atoms with Gasteiger partial charge in [0.25, 0.3) is 17.6 Å². The lowest BCUT2D eigenvalue weighted by atomic mass is 10.0. The van der Waals surface area contributed by atoms with E-state index < -0.39 is 29.5 Å². The minimum absolute atomic E-state index is 0.00463. The van der Waals surface area contributed by atoms with Crippen molar-refractivity contribution in [1.29, 1.82) is 0 Å². The summed E-state index contributed by atoms with van der Waals surface area (Å²) in [6.07, 6.45) is -0.120. The second-order valence-electron chi connectivity index (χ2n) is 5.32. The fourth-order valence-corrected chi connectivity index (χ4v) is 2.29. The van der Waals surface area contributed by atoms with Gasteiger partial charge < -0.3 is 9.57 Å². The Morgan fingerprint density at radius 2 is 1.50 bits per heavy atom. The molecule has 0 radical (unpaired) electrons. The number of Topliss-reactive ketones (excluding diaryl/α,β-unsaturated/α-hetero) is 1. The van der Waals surface area contributed by atoms with E-state index in [0.717, 1.165) is 0 Å². The molecule has 2 rings (SSSR count). The predicted octanol–water partition coefficient (Wildman–Crippen LogP) is 1.02. The Kier molecular flexibility index (Phi) is 4.77. The van der Waals surface area contributed by atoms with Crippen molar-refractivity contribution in [2.75, 3.05) is 0 Å². The molecule has 1 heterocycles. The third kappa shape index (κ3) is 3.48. The second-order valence-corrected chi connectivity index (χ2v) is 5.32. The summed E-state index contributed by atoms with van der Waals surface area (Å²) in [6.45, 7) is 4.47. The summed E-state index contributed by atoms with van der Waals surface area (Å²) in [4.78, 5) is 62.5. The number of nitrogens with zero attached hydrogens (tertiary/aromatic N) is 1. The van der Waals surface area contributed by atoms with Gasteiger partial charge in [0.15, 0.2) is 0 Å². The maximum Gasteiger partial charge on any atom is 0.404 e. The lowest BCUT2D eigenvalue weighted by Gasteiger charge is -2.13. The van der Waals surface area contributed by atoms with Crippen LogP contribution in [0.5, 0.6) is 5.75 Å². The molecule has 0 aromatic heterocycles. The van der Waals surface area contributed by atoms with Crippen molar-refractivity contribution in [3.63, 3.8) is 0 Å². The molecule has 1 aliphatic heterocycles. The fourth-order valence-electron chi connectivity index (χ4n) is 2.29. The van der Waals surface area contributed by atoms with Crippen LogP contribution in [0.15, 0.2) is 12.1 Å². The number of amides is 2. The standard InChI is InChI=1S/C16H15NO7/c1-8-6-11(7-9(2)15(8)23-10(3)18)14(21)16(22)24-17-12(19)4-5-13(17)20/h6-7H,4-5H2,1-3H3. The van der Waals surface area contributed by atoms with E-state index in [4.69, 9.17) is 4.74 Å². The largest absolute Gasteiger partial charge is 0.426 e. The predicted molar refractivity (Wildman–Crippen MR) is 78.7 cm³/mol. The smallest absolute Gasteiger partial charge is 0.404 e. The van der Waals surface area contributed by atoms with Crippen LogP contribution in [0, 0.1) is 13.8 Å². The van der Waals surface area contributed by atoms with Gasteiger partial charge in [0.2, 0.25) is 0 Å². The van der Waals surface area contributed by atoms with E-state index >= 15 is 0 Å². The van der Waals surface area contributed by atoms with Gasteiger partial charge in [0.1, 0.15) is 5.75 Å². The average Bonchev–Trinajstić information content (AvgIpc) is 2.81. The Morgan fingerprint density at radius 3 is 1.96 bits per heavy atom. The van der Waals surface area contributed by atoms with Gasteiger partial charge in [-0.3, -0.25) is 19.2 Å². The lowest BCUT2D eigenvalue weighted by Crippen LogP contribution is -2.34. The minimum atomic E-state index is -1.34. The first-order valence-electron chi connectivity index (χ1n) is 7.12. The molecule has 8 nitrogen and oxygen atoms in total. The van der Waals surface area contributed by atoms with Gasteiger partial charge in [0, 0.05) is 25.3 Å². The quantitative estimate of drug-likeness (QED) is 0.266. The van der Waals surface area contributed by atoms with Crippen LogP contribution in [0.3, 0.4) is 0 Å². The summed E-state index contributed by atoms with van der Waals surface area (Å²) >= 11 is 0. The van der Waals surface area contributed by atoms with Crippen LogP contribution in [0.2, 0.25) is 0 Å². The molecule has 1 aromatic rings. The van der Waals surface area contributed by atoms with Crippen LogP contribution in [0.4, 0.5) is 0 Å². The first-order chi connectivity index (χ1) is 11.2. The Hall–Kier alpha value is -3.03. The molecule has 0 unspecified atom stereocenters. The summed E-state index contributed by atoms with van der Waals surface area (Å²) in [6, 6.07) is 2.73. The lowest BCUT2D eigenvalue weighted by molar-refractivity contribution is -0.193. The highest BCUT2D eigenvalue weighted by molar-refractivity contribution is 6.40. The fraction of sp³-hybridized carbons (Fsp3) is 0.312. The summed E-state index contributed by atoms with van der Waals surface area (Å²) in [5.41, 5.74) is 0.967. The Labute approximate surface area is 137 Å². The Morgan fingerprint density at radius 1 is 1.00 bits per heavy atom. The normalized spacial score (nSPS) is 13.9. The van der Waals surface area contributed by atoms with Crippen LogP contribution in [0.25, 0.3) is 0 Å². The van der Waals surface area contributed by atoms with Crippen LogP contribution in [0.1, 0.15) is 41.3 Å². The molecule has 0 atom stereocenters. The number of benzene rings is 1. The zero-order valence-corrected chi connectivity index (χ0v) is 13.4. The SMILES string of the molecule is CC(=O)Oc1c(C)cc(C(=O)C(=O)ON2C(=O)CCC2=O)cc1C. The van der Waals surface area contributed by atoms with Gasteiger partial charge in [-0.2, -0.15) is 0 Å². The van der Waals surface area contributed by atoms with Crippen LogP contribution in [-0.2, 0) is 24.0 Å². The first-order valence-corrected chi connectivity index (χ1v) is 7.12. The molecule has 1 aromatic carbocycles. The molecule has 0 aliphatic carbocycles. The van der Waals surface area contributed by atoms with Gasteiger partial charge in [-0.25, -0.2) is 4.79 Å². The number of hydrogen-bond donors (Lipinski definition) is 0. The van der Waals surface area contributed by atoms with E-state index in [9.17, 15) is 24.0 Å². The molecule has 1 aliphatic rings. The highest BCUT2D eigenvalue weighted by atomic mass is 16.7. The van der Waals surface area contributed by atoms with Crippen molar-refractivity contribution >= 4 is 29.5 Å². The molecule has 8 heteroatoms. The topological polar surface area (TPSA) is 107 Å². The van der Waals surface area contributed by atoms with E-state index in [-0.39, 0.29) is 18.4 Å². The van der Waals surface area contributed by atoms with Crippen molar-refractivity contribution in [3.8, 4) is 5.75 Å². The van der Waals surface area contributed by atoms with E-state index in [2.05, 4.69) is 4.84 Å². The maximum absolute atomic E-state index is 12.2. The molecule has 24 heavy (non-hydrogen) atoms. The third-order valence-corrected chi connectivity index (χ3v) is 3.33. The van der Waals surface area contributed by atoms with E-state index in [0.29, 0.717) is 21.9 Å². The molecule has 126 valence electrons. The number of imide groups is 1. The van der Waals surface area contributed by atoms with Crippen LogP contribution >= 0.6 is 0 Å². The number of ether oxygens (including phenoxy) is 1. The number of hydroxylamine groups is 2. The van der Waals surface area contributed by atoms with Gasteiger partial charge >= 0.3 is 11.9 Å². The summed E-state index contributed by atoms with van der Waals surface area (Å²) < 4.78 is 5.04. The Balaban J connectivity index is 2.20. The molecule has 0 bridgehead atoms. The number of carbonyl (C=O) groups is 5. The highest BCUT2D eigenvalue weighted by Gasteiger charge is 2.35. The molecular weight excluding hydrogens is 318 g/mol. The number of ketones is 1. The number of esters is 1. The summed E-state index contributed by atoms with van der Waals surface area (Å²) in [7, 11) is 0. The molecule has 0 spiro atoms. The highest BCUT2D eigenvalue weighted by Crippen LogP contribution is 2.25. The number of aryl methyl sites for hydroxylation is 2.